The summed E-state index contributed by atoms with van der Waals surface area (Å²) in [7, 11) is 0. The first-order chi connectivity index (χ1) is 6.76. The van der Waals surface area contributed by atoms with Crippen molar-refractivity contribution in [2.45, 2.75) is 20.4 Å². The molecule has 1 aromatic carbocycles. The number of imidazole rings is 1. The molecule has 0 radical (unpaired) electrons. The molecule has 1 aromatic heterocycles. The summed E-state index contributed by atoms with van der Waals surface area (Å²) in [6.07, 6.45) is 5.33. The number of aryl methyl sites for hydroxylation is 2. The number of nitrogens with zero attached hydrogens (tertiary/aromatic N) is 2. The molecule has 0 aliphatic carbocycles. The maximum atomic E-state index is 5.33. The zero-order chi connectivity index (χ0) is 10.1. The average molecular weight is 184 g/mol. The summed E-state index contributed by atoms with van der Waals surface area (Å²) in [4.78, 5) is 4.46. The number of benzene rings is 1. The SMILES string of the molecule is C#Cc1ccc2c(c1)nc(C)n2CC. The summed E-state index contributed by atoms with van der Waals surface area (Å²) in [5.41, 5.74) is 3.03. The molecule has 0 amide bonds. The maximum Gasteiger partial charge on any atom is 0.106 e. The molecular formula is C12H12N2. The van der Waals surface area contributed by atoms with Crippen molar-refractivity contribution in [3.63, 3.8) is 0 Å². The summed E-state index contributed by atoms with van der Waals surface area (Å²) in [5.74, 6) is 3.66. The molecule has 0 unspecified atom stereocenters. The monoisotopic (exact) mass is 184 g/mol. The maximum absolute atomic E-state index is 5.33. The van der Waals surface area contributed by atoms with E-state index < -0.39 is 0 Å². The number of terminal acetylenes is 1. The van der Waals surface area contributed by atoms with E-state index in [1.165, 1.54) is 0 Å². The van der Waals surface area contributed by atoms with E-state index in [4.69, 9.17) is 6.42 Å². The summed E-state index contributed by atoms with van der Waals surface area (Å²) in [6, 6.07) is 5.94. The smallest absolute Gasteiger partial charge is 0.106 e. The van der Waals surface area contributed by atoms with Crippen LogP contribution in [0, 0.1) is 19.3 Å². The fourth-order valence-electron chi connectivity index (χ4n) is 1.74. The van der Waals surface area contributed by atoms with E-state index >= 15 is 0 Å². The van der Waals surface area contributed by atoms with E-state index in [2.05, 4.69) is 22.4 Å². The minimum absolute atomic E-state index is 0.887. The van der Waals surface area contributed by atoms with Gasteiger partial charge in [-0.3, -0.25) is 0 Å². The van der Waals surface area contributed by atoms with Gasteiger partial charge < -0.3 is 4.57 Å². The summed E-state index contributed by atoms with van der Waals surface area (Å²) >= 11 is 0. The van der Waals surface area contributed by atoms with Gasteiger partial charge in [-0.05, 0) is 32.0 Å². The van der Waals surface area contributed by atoms with Crippen LogP contribution in [0.25, 0.3) is 11.0 Å². The Kier molecular flexibility index (Phi) is 2.01. The minimum atomic E-state index is 0.887. The molecule has 2 rings (SSSR count). The number of aromatic nitrogens is 2. The molecule has 14 heavy (non-hydrogen) atoms. The third-order valence-corrected chi connectivity index (χ3v) is 2.42. The van der Waals surface area contributed by atoms with E-state index in [0.717, 1.165) is 29.0 Å². The van der Waals surface area contributed by atoms with Crippen LogP contribution in [0.5, 0.6) is 0 Å². The van der Waals surface area contributed by atoms with Gasteiger partial charge >= 0.3 is 0 Å². The lowest BCUT2D eigenvalue weighted by atomic mass is 10.2. The molecule has 0 aliphatic rings. The minimum Gasteiger partial charge on any atom is -0.329 e. The fourth-order valence-corrected chi connectivity index (χ4v) is 1.74. The van der Waals surface area contributed by atoms with Crippen LogP contribution < -0.4 is 0 Å². The summed E-state index contributed by atoms with van der Waals surface area (Å²) in [5, 5.41) is 0. The molecule has 0 fully saturated rings. The Morgan fingerprint density at radius 2 is 2.29 bits per heavy atom. The Labute approximate surface area is 83.6 Å². The first-order valence-corrected chi connectivity index (χ1v) is 4.69. The molecular weight excluding hydrogens is 172 g/mol. The van der Waals surface area contributed by atoms with Gasteiger partial charge in [-0.1, -0.05) is 5.92 Å². The van der Waals surface area contributed by atoms with Crippen LogP contribution in [0.15, 0.2) is 18.2 Å². The molecule has 0 bridgehead atoms. The van der Waals surface area contributed by atoms with Gasteiger partial charge in [-0.2, -0.15) is 0 Å². The molecule has 2 aromatic rings. The van der Waals surface area contributed by atoms with Gasteiger partial charge in [0.05, 0.1) is 11.0 Å². The van der Waals surface area contributed by atoms with Crippen molar-refractivity contribution in [1.29, 1.82) is 0 Å². The molecule has 2 nitrogen and oxygen atoms in total. The second kappa shape index (κ2) is 3.19. The van der Waals surface area contributed by atoms with Crippen molar-refractivity contribution in [3.8, 4) is 12.3 Å². The highest BCUT2D eigenvalue weighted by atomic mass is 15.1. The van der Waals surface area contributed by atoms with E-state index in [1.807, 2.05) is 25.1 Å². The molecule has 1 heterocycles. The fraction of sp³-hybridized carbons (Fsp3) is 0.250. The lowest BCUT2D eigenvalue weighted by Gasteiger charge is -2.00. The van der Waals surface area contributed by atoms with Gasteiger partial charge in [0.25, 0.3) is 0 Å². The standard InChI is InChI=1S/C12H12N2/c1-4-10-6-7-12-11(8-10)13-9(3)14(12)5-2/h1,6-8H,5H2,2-3H3. The molecule has 0 aliphatic heterocycles. The van der Waals surface area contributed by atoms with Crippen molar-refractivity contribution < 1.29 is 0 Å². The number of fused-ring (bicyclic) bond motifs is 1. The lowest BCUT2D eigenvalue weighted by Crippen LogP contribution is -1.95. The van der Waals surface area contributed by atoms with Crippen LogP contribution >= 0.6 is 0 Å². The Hall–Kier alpha value is -1.75. The molecule has 0 saturated heterocycles. The van der Waals surface area contributed by atoms with Crippen LogP contribution in [-0.2, 0) is 6.54 Å². The molecule has 70 valence electrons. The van der Waals surface area contributed by atoms with Crippen molar-refractivity contribution in [1.82, 2.24) is 9.55 Å². The second-order valence-electron chi connectivity index (χ2n) is 3.25. The van der Waals surface area contributed by atoms with Crippen molar-refractivity contribution >= 4 is 11.0 Å². The highest BCUT2D eigenvalue weighted by Gasteiger charge is 2.05. The first kappa shape index (κ1) is 8.83. The zero-order valence-corrected chi connectivity index (χ0v) is 8.41. The highest BCUT2D eigenvalue weighted by molar-refractivity contribution is 5.77. The first-order valence-electron chi connectivity index (χ1n) is 4.69. The second-order valence-corrected chi connectivity index (χ2v) is 3.25. The predicted octanol–water partition coefficient (Wildman–Crippen LogP) is 2.35. The summed E-state index contributed by atoms with van der Waals surface area (Å²) < 4.78 is 2.18. The third-order valence-electron chi connectivity index (χ3n) is 2.42. The lowest BCUT2D eigenvalue weighted by molar-refractivity contribution is 0.753. The number of rotatable bonds is 1. The third kappa shape index (κ3) is 1.18. The highest BCUT2D eigenvalue weighted by Crippen LogP contribution is 2.16. The number of hydrogen-bond donors (Lipinski definition) is 0. The van der Waals surface area contributed by atoms with Gasteiger partial charge in [0.15, 0.2) is 0 Å². The van der Waals surface area contributed by atoms with Gasteiger partial charge in [-0.15, -0.1) is 6.42 Å². The Morgan fingerprint density at radius 1 is 1.50 bits per heavy atom. The average Bonchev–Trinajstić information content (AvgIpc) is 2.51. The van der Waals surface area contributed by atoms with Gasteiger partial charge in [0.2, 0.25) is 0 Å². The van der Waals surface area contributed by atoms with Gasteiger partial charge in [0, 0.05) is 12.1 Å². The molecule has 0 spiro atoms. The van der Waals surface area contributed by atoms with Crippen LogP contribution in [-0.4, -0.2) is 9.55 Å². The molecule has 0 N–H and O–H groups in total. The molecule has 0 atom stereocenters. The van der Waals surface area contributed by atoms with Crippen LogP contribution in [0.3, 0.4) is 0 Å². The Bertz CT molecular complexity index is 515. The van der Waals surface area contributed by atoms with Crippen LogP contribution in [0.2, 0.25) is 0 Å². The topological polar surface area (TPSA) is 17.8 Å². The van der Waals surface area contributed by atoms with Crippen molar-refractivity contribution in [3.05, 3.63) is 29.6 Å². The summed E-state index contributed by atoms with van der Waals surface area (Å²) in [6.45, 7) is 5.07. The van der Waals surface area contributed by atoms with E-state index in [1.54, 1.807) is 0 Å². The normalized spacial score (nSPS) is 10.4. The van der Waals surface area contributed by atoms with Crippen molar-refractivity contribution in [2.75, 3.05) is 0 Å². The Morgan fingerprint density at radius 3 is 2.93 bits per heavy atom. The van der Waals surface area contributed by atoms with E-state index in [9.17, 15) is 0 Å². The van der Waals surface area contributed by atoms with Crippen LogP contribution in [0.1, 0.15) is 18.3 Å². The Balaban J connectivity index is 2.76. The van der Waals surface area contributed by atoms with Gasteiger partial charge in [0.1, 0.15) is 5.82 Å². The molecule has 0 saturated carbocycles. The molecule has 2 heteroatoms. The van der Waals surface area contributed by atoms with Crippen LogP contribution in [0.4, 0.5) is 0 Å². The number of hydrogen-bond acceptors (Lipinski definition) is 1. The predicted molar refractivity (Wildman–Crippen MR) is 58.1 cm³/mol. The van der Waals surface area contributed by atoms with E-state index in [-0.39, 0.29) is 0 Å². The largest absolute Gasteiger partial charge is 0.329 e. The van der Waals surface area contributed by atoms with Gasteiger partial charge in [-0.25, -0.2) is 4.98 Å². The van der Waals surface area contributed by atoms with E-state index in [0.29, 0.717) is 0 Å². The quantitative estimate of drug-likeness (QED) is 0.622. The zero-order valence-electron chi connectivity index (χ0n) is 8.41. The van der Waals surface area contributed by atoms with Crippen molar-refractivity contribution in [2.24, 2.45) is 0 Å².